The molecule has 2 amide bonds. The highest BCUT2D eigenvalue weighted by atomic mass is 16.5. The van der Waals surface area contributed by atoms with Gasteiger partial charge in [-0.15, -0.1) is 0 Å². The third-order valence-electron chi connectivity index (χ3n) is 6.76. The lowest BCUT2D eigenvalue weighted by molar-refractivity contribution is -0.0544. The van der Waals surface area contributed by atoms with Crippen LogP contribution in [-0.4, -0.2) is 40.0 Å². The summed E-state index contributed by atoms with van der Waals surface area (Å²) in [4.78, 5) is 15.9. The van der Waals surface area contributed by atoms with E-state index in [9.17, 15) is 15.0 Å². The SMILES string of the molecule is CCCC(O)(c1ccc(C)nc1)C(N)C(O)COc1ccc(C2CCCCC2)cc1NC(N)=O. The number of primary amides is 1. The first-order valence-electron chi connectivity index (χ1n) is 12.2. The molecule has 1 aliphatic rings. The second-order valence-electron chi connectivity index (χ2n) is 9.35. The van der Waals surface area contributed by atoms with Crippen LogP contribution in [0, 0.1) is 6.92 Å². The molecule has 1 aromatic carbocycles. The highest BCUT2D eigenvalue weighted by Crippen LogP contribution is 2.37. The van der Waals surface area contributed by atoms with Crippen molar-refractivity contribution in [3.8, 4) is 5.75 Å². The maximum absolute atomic E-state index is 11.6. The molecule has 3 atom stereocenters. The fourth-order valence-corrected chi connectivity index (χ4v) is 4.80. The fraction of sp³-hybridized carbons (Fsp3) is 0.538. The van der Waals surface area contributed by atoms with E-state index < -0.39 is 23.8 Å². The molecular weight excluding hydrogens is 432 g/mol. The molecule has 8 heteroatoms. The van der Waals surface area contributed by atoms with Crippen molar-refractivity contribution >= 4 is 11.7 Å². The van der Waals surface area contributed by atoms with Crippen LogP contribution >= 0.6 is 0 Å². The number of carbonyl (C=O) groups is 1. The van der Waals surface area contributed by atoms with Gasteiger partial charge in [-0.25, -0.2) is 4.79 Å². The molecule has 2 aromatic rings. The number of carbonyl (C=O) groups excluding carboxylic acids is 1. The van der Waals surface area contributed by atoms with E-state index in [0.29, 0.717) is 35.8 Å². The lowest BCUT2D eigenvalue weighted by Gasteiger charge is -2.36. The Morgan fingerprint density at radius 1 is 1.26 bits per heavy atom. The average molecular weight is 471 g/mol. The Morgan fingerprint density at radius 3 is 2.62 bits per heavy atom. The van der Waals surface area contributed by atoms with Crippen LogP contribution in [0.1, 0.15) is 74.6 Å². The number of aliphatic hydroxyl groups is 2. The predicted molar refractivity (Wildman–Crippen MR) is 133 cm³/mol. The molecule has 0 saturated heterocycles. The summed E-state index contributed by atoms with van der Waals surface area (Å²) >= 11 is 0. The average Bonchev–Trinajstić information content (AvgIpc) is 2.83. The third kappa shape index (κ3) is 6.25. The Morgan fingerprint density at radius 2 is 2.00 bits per heavy atom. The number of urea groups is 1. The van der Waals surface area contributed by atoms with Crippen molar-refractivity contribution in [1.29, 1.82) is 0 Å². The molecule has 0 aliphatic heterocycles. The van der Waals surface area contributed by atoms with Gasteiger partial charge in [0.1, 0.15) is 24.1 Å². The molecule has 1 aliphatic carbocycles. The summed E-state index contributed by atoms with van der Waals surface area (Å²) in [5, 5.41) is 24.9. The van der Waals surface area contributed by atoms with E-state index in [1.54, 1.807) is 24.4 Å². The number of aliphatic hydroxyl groups excluding tert-OH is 1. The zero-order valence-electron chi connectivity index (χ0n) is 20.2. The van der Waals surface area contributed by atoms with Crippen molar-refractivity contribution in [2.24, 2.45) is 11.5 Å². The molecule has 1 saturated carbocycles. The van der Waals surface area contributed by atoms with Crippen LogP contribution < -0.4 is 21.5 Å². The topological polar surface area (TPSA) is 144 Å². The van der Waals surface area contributed by atoms with E-state index in [0.717, 1.165) is 24.1 Å². The Hall–Kier alpha value is -2.68. The minimum absolute atomic E-state index is 0.164. The smallest absolute Gasteiger partial charge is 0.316 e. The van der Waals surface area contributed by atoms with Crippen molar-refractivity contribution in [3.05, 3.63) is 53.3 Å². The molecule has 7 N–H and O–H groups in total. The Labute approximate surface area is 201 Å². The number of hydrogen-bond acceptors (Lipinski definition) is 6. The van der Waals surface area contributed by atoms with E-state index in [-0.39, 0.29) is 6.61 Å². The molecule has 1 fully saturated rings. The van der Waals surface area contributed by atoms with E-state index in [1.807, 2.05) is 26.0 Å². The Kier molecular flexibility index (Phi) is 8.88. The van der Waals surface area contributed by atoms with Crippen LogP contribution in [0.4, 0.5) is 10.5 Å². The second-order valence-corrected chi connectivity index (χ2v) is 9.35. The number of aryl methyl sites for hydroxylation is 1. The summed E-state index contributed by atoms with van der Waals surface area (Å²) in [6, 6.07) is 7.57. The maximum atomic E-state index is 11.6. The minimum atomic E-state index is -1.46. The first-order valence-corrected chi connectivity index (χ1v) is 12.2. The number of pyridine rings is 1. The first kappa shape index (κ1) is 25.9. The molecule has 0 radical (unpaired) electrons. The van der Waals surface area contributed by atoms with E-state index in [4.69, 9.17) is 16.2 Å². The van der Waals surface area contributed by atoms with Crippen molar-refractivity contribution in [2.45, 2.75) is 82.5 Å². The van der Waals surface area contributed by atoms with Crippen molar-refractivity contribution in [1.82, 2.24) is 4.98 Å². The van der Waals surface area contributed by atoms with Gasteiger partial charge in [0.15, 0.2) is 0 Å². The molecule has 34 heavy (non-hydrogen) atoms. The van der Waals surface area contributed by atoms with Gasteiger partial charge in [-0.1, -0.05) is 44.7 Å². The Balaban J connectivity index is 1.75. The monoisotopic (exact) mass is 470 g/mol. The number of anilines is 1. The summed E-state index contributed by atoms with van der Waals surface area (Å²) in [5.74, 6) is 0.836. The molecule has 3 rings (SSSR count). The van der Waals surface area contributed by atoms with Crippen LogP contribution in [0.25, 0.3) is 0 Å². The van der Waals surface area contributed by atoms with Gasteiger partial charge in [0, 0.05) is 17.5 Å². The van der Waals surface area contributed by atoms with Crippen LogP contribution in [0.3, 0.4) is 0 Å². The lowest BCUT2D eigenvalue weighted by atomic mass is 9.81. The molecule has 0 bridgehead atoms. The normalized spacial score (nSPS) is 18.0. The molecule has 1 heterocycles. The van der Waals surface area contributed by atoms with E-state index >= 15 is 0 Å². The van der Waals surface area contributed by atoms with E-state index in [1.165, 1.54) is 19.3 Å². The number of rotatable bonds is 10. The van der Waals surface area contributed by atoms with Crippen molar-refractivity contribution < 1.29 is 19.7 Å². The molecule has 3 unspecified atom stereocenters. The Bertz CT molecular complexity index is 946. The largest absolute Gasteiger partial charge is 0.489 e. The van der Waals surface area contributed by atoms with Gasteiger partial charge in [-0.2, -0.15) is 0 Å². The fourth-order valence-electron chi connectivity index (χ4n) is 4.80. The van der Waals surface area contributed by atoms with Crippen LogP contribution in [0.2, 0.25) is 0 Å². The number of ether oxygens (including phenoxy) is 1. The van der Waals surface area contributed by atoms with E-state index in [2.05, 4.69) is 10.3 Å². The number of benzene rings is 1. The third-order valence-corrected chi connectivity index (χ3v) is 6.76. The van der Waals surface area contributed by atoms with Gasteiger partial charge in [0.25, 0.3) is 0 Å². The van der Waals surface area contributed by atoms with Gasteiger partial charge in [0.2, 0.25) is 0 Å². The highest BCUT2D eigenvalue weighted by molar-refractivity contribution is 5.89. The number of nitrogens with zero attached hydrogens (tertiary/aromatic N) is 1. The summed E-state index contributed by atoms with van der Waals surface area (Å²) in [6.45, 7) is 3.64. The zero-order chi connectivity index (χ0) is 24.7. The molecule has 0 spiro atoms. The summed E-state index contributed by atoms with van der Waals surface area (Å²) in [6.07, 6.45) is 7.34. The second kappa shape index (κ2) is 11.6. The summed E-state index contributed by atoms with van der Waals surface area (Å²) in [7, 11) is 0. The highest BCUT2D eigenvalue weighted by Gasteiger charge is 2.40. The zero-order valence-corrected chi connectivity index (χ0v) is 20.2. The van der Waals surface area contributed by atoms with Gasteiger partial charge in [-0.05, 0) is 55.9 Å². The number of aromatic nitrogens is 1. The molecule has 8 nitrogen and oxygen atoms in total. The molecular formula is C26H38N4O4. The number of nitrogens with one attached hydrogen (secondary N) is 1. The van der Waals surface area contributed by atoms with Crippen molar-refractivity contribution in [2.75, 3.05) is 11.9 Å². The van der Waals surface area contributed by atoms with Crippen LogP contribution in [0.5, 0.6) is 5.75 Å². The minimum Gasteiger partial charge on any atom is -0.489 e. The number of hydrogen-bond donors (Lipinski definition) is 5. The van der Waals surface area contributed by atoms with Crippen LogP contribution in [-0.2, 0) is 5.60 Å². The van der Waals surface area contributed by atoms with Gasteiger partial charge in [-0.3, -0.25) is 4.98 Å². The molecule has 186 valence electrons. The van der Waals surface area contributed by atoms with Crippen LogP contribution in [0.15, 0.2) is 36.5 Å². The standard InChI is InChI=1S/C26H38N4O4/c1-3-13-26(33,20-11-9-17(2)29-15-20)24(27)22(31)16-34-23-12-10-19(14-21(23)30-25(28)32)18-7-5-4-6-8-18/h9-12,14-15,18,22,24,31,33H,3-8,13,16,27H2,1-2H3,(H3,28,30,32). The van der Waals surface area contributed by atoms with Crippen molar-refractivity contribution in [3.63, 3.8) is 0 Å². The number of amides is 2. The predicted octanol–water partition coefficient (Wildman–Crippen LogP) is 3.68. The number of nitrogens with two attached hydrogens (primary N) is 2. The summed E-state index contributed by atoms with van der Waals surface area (Å²) < 4.78 is 5.86. The summed E-state index contributed by atoms with van der Waals surface area (Å²) in [5.41, 5.74) is 13.3. The lowest BCUT2D eigenvalue weighted by Crippen LogP contribution is -2.54. The van der Waals surface area contributed by atoms with Gasteiger partial charge in [0.05, 0.1) is 11.7 Å². The van der Waals surface area contributed by atoms with Gasteiger partial charge < -0.3 is 31.7 Å². The quantitative estimate of drug-likeness (QED) is 0.358. The maximum Gasteiger partial charge on any atom is 0.316 e. The first-order chi connectivity index (χ1) is 16.2. The van der Waals surface area contributed by atoms with Gasteiger partial charge >= 0.3 is 6.03 Å². The molecule has 1 aromatic heterocycles.